The molecule has 0 spiro atoms. The summed E-state index contributed by atoms with van der Waals surface area (Å²) >= 11 is 0. The van der Waals surface area contributed by atoms with Gasteiger partial charge in [-0.3, -0.25) is 4.79 Å². The second-order valence-corrected chi connectivity index (χ2v) is 7.58. The summed E-state index contributed by atoms with van der Waals surface area (Å²) in [7, 11) is 2.14. The largest absolute Gasteiger partial charge is 0.356 e. The Morgan fingerprint density at radius 1 is 1.29 bits per heavy atom. The lowest BCUT2D eigenvalue weighted by Crippen LogP contribution is -2.44. The first-order valence-electron chi connectivity index (χ1n) is 9.24. The Bertz CT molecular complexity index is 615. The van der Waals surface area contributed by atoms with Crippen molar-refractivity contribution in [2.45, 2.75) is 38.6 Å². The van der Waals surface area contributed by atoms with Gasteiger partial charge >= 0.3 is 0 Å². The average molecular weight is 329 g/mol. The highest BCUT2D eigenvalue weighted by atomic mass is 16.1. The van der Waals surface area contributed by atoms with Crippen LogP contribution in [0.3, 0.4) is 0 Å². The van der Waals surface area contributed by atoms with E-state index in [1.54, 1.807) is 6.33 Å². The van der Waals surface area contributed by atoms with Gasteiger partial charge in [-0.2, -0.15) is 0 Å². The number of carbonyl (C=O) groups excluding carboxylic acids is 1. The molecule has 4 rings (SSSR count). The van der Waals surface area contributed by atoms with Crippen LogP contribution >= 0.6 is 0 Å². The zero-order chi connectivity index (χ0) is 16.5. The number of hydrogen-bond acceptors (Lipinski definition) is 5. The zero-order valence-electron chi connectivity index (χ0n) is 14.5. The number of amides is 1. The summed E-state index contributed by atoms with van der Waals surface area (Å²) in [6.07, 6.45) is 7.27. The van der Waals surface area contributed by atoms with E-state index in [2.05, 4.69) is 32.1 Å². The minimum absolute atomic E-state index is 0.0874. The van der Waals surface area contributed by atoms with E-state index in [-0.39, 0.29) is 11.8 Å². The first-order chi connectivity index (χ1) is 11.7. The van der Waals surface area contributed by atoms with Gasteiger partial charge in [0.2, 0.25) is 5.91 Å². The van der Waals surface area contributed by atoms with Crippen molar-refractivity contribution in [2.24, 2.45) is 11.8 Å². The minimum Gasteiger partial charge on any atom is -0.356 e. The fraction of sp³-hybridized carbons (Fsp3) is 0.722. The molecule has 6 nitrogen and oxygen atoms in total. The Balaban J connectivity index is 1.46. The van der Waals surface area contributed by atoms with E-state index in [9.17, 15) is 4.79 Å². The summed E-state index contributed by atoms with van der Waals surface area (Å²) < 4.78 is 0. The highest BCUT2D eigenvalue weighted by Gasteiger charge is 2.30. The average Bonchev–Trinajstić information content (AvgIpc) is 3.43. The maximum Gasteiger partial charge on any atom is 0.224 e. The maximum atomic E-state index is 12.5. The molecule has 1 saturated carbocycles. The Kier molecular flexibility index (Phi) is 4.39. The van der Waals surface area contributed by atoms with Crippen molar-refractivity contribution in [3.05, 3.63) is 17.6 Å². The number of piperidine rings is 1. The highest BCUT2D eigenvalue weighted by Crippen LogP contribution is 2.30. The predicted octanol–water partition coefficient (Wildman–Crippen LogP) is 1.21. The van der Waals surface area contributed by atoms with E-state index in [0.29, 0.717) is 0 Å². The Labute approximate surface area is 143 Å². The summed E-state index contributed by atoms with van der Waals surface area (Å²) in [5.74, 6) is 2.10. The van der Waals surface area contributed by atoms with Crippen LogP contribution in [-0.2, 0) is 17.8 Å². The molecule has 1 N–H and O–H groups in total. The van der Waals surface area contributed by atoms with Gasteiger partial charge in [-0.05, 0) is 38.6 Å². The molecule has 130 valence electrons. The van der Waals surface area contributed by atoms with E-state index in [1.165, 1.54) is 24.1 Å². The number of hydrogen-bond donors (Lipinski definition) is 1. The summed E-state index contributed by atoms with van der Waals surface area (Å²) in [5, 5.41) is 3.15. The molecule has 0 radical (unpaired) electrons. The van der Waals surface area contributed by atoms with E-state index < -0.39 is 0 Å². The van der Waals surface area contributed by atoms with E-state index in [4.69, 9.17) is 0 Å². The molecule has 0 aromatic carbocycles. The summed E-state index contributed by atoms with van der Waals surface area (Å²) in [5.41, 5.74) is 2.43. The molecule has 1 saturated heterocycles. The molecule has 24 heavy (non-hydrogen) atoms. The smallest absolute Gasteiger partial charge is 0.224 e. The van der Waals surface area contributed by atoms with Gasteiger partial charge in [0, 0.05) is 44.7 Å². The topological polar surface area (TPSA) is 61.4 Å². The van der Waals surface area contributed by atoms with Crippen molar-refractivity contribution in [3.8, 4) is 0 Å². The molecule has 1 aromatic heterocycles. The third-order valence-electron chi connectivity index (χ3n) is 5.52. The molecule has 1 aromatic rings. The lowest BCUT2D eigenvalue weighted by Gasteiger charge is -2.35. The first-order valence-corrected chi connectivity index (χ1v) is 9.24. The molecule has 1 atom stereocenters. The molecular weight excluding hydrogens is 302 g/mol. The van der Waals surface area contributed by atoms with Gasteiger partial charge in [0.15, 0.2) is 0 Å². The number of likely N-dealkylation sites (N-methyl/N-ethyl adjacent to an activating group) is 1. The number of fused-ring (bicyclic) bond motifs is 1. The van der Waals surface area contributed by atoms with Gasteiger partial charge in [-0.15, -0.1) is 0 Å². The quantitative estimate of drug-likeness (QED) is 0.900. The number of nitrogens with zero attached hydrogens (tertiary/aromatic N) is 4. The second kappa shape index (κ2) is 6.67. The third kappa shape index (κ3) is 3.38. The van der Waals surface area contributed by atoms with Crippen LogP contribution in [0, 0.1) is 11.8 Å². The van der Waals surface area contributed by atoms with Gasteiger partial charge in [0.1, 0.15) is 12.1 Å². The molecule has 3 aliphatic rings. The van der Waals surface area contributed by atoms with Gasteiger partial charge in [-0.25, -0.2) is 9.97 Å². The molecule has 1 aliphatic carbocycles. The first kappa shape index (κ1) is 15.8. The van der Waals surface area contributed by atoms with Crippen molar-refractivity contribution >= 4 is 11.7 Å². The van der Waals surface area contributed by atoms with E-state index in [1.807, 2.05) is 0 Å². The standard InChI is InChI=1S/C18H27N5O/c1-22-8-6-16-15(11-22)17(21-12-20-16)23-7-2-3-14(10-23)18(24)19-9-13-4-5-13/h12-14H,2-11H2,1H3,(H,19,24)/t14-/m0/s1. The molecule has 1 amide bonds. The van der Waals surface area contributed by atoms with Crippen LogP contribution < -0.4 is 10.2 Å². The van der Waals surface area contributed by atoms with Crippen LogP contribution in [0.5, 0.6) is 0 Å². The zero-order valence-corrected chi connectivity index (χ0v) is 14.5. The highest BCUT2D eigenvalue weighted by molar-refractivity contribution is 5.79. The molecule has 0 unspecified atom stereocenters. The fourth-order valence-corrected chi connectivity index (χ4v) is 3.83. The Morgan fingerprint density at radius 3 is 3.00 bits per heavy atom. The van der Waals surface area contributed by atoms with Crippen LogP contribution in [0.25, 0.3) is 0 Å². The molecule has 2 aliphatic heterocycles. The Hall–Kier alpha value is -1.69. The van der Waals surface area contributed by atoms with Gasteiger partial charge in [0.25, 0.3) is 0 Å². The maximum absolute atomic E-state index is 12.5. The van der Waals surface area contributed by atoms with Crippen molar-refractivity contribution in [1.82, 2.24) is 20.2 Å². The van der Waals surface area contributed by atoms with Crippen LogP contribution in [0.2, 0.25) is 0 Å². The van der Waals surface area contributed by atoms with E-state index >= 15 is 0 Å². The third-order valence-corrected chi connectivity index (χ3v) is 5.52. The number of rotatable bonds is 4. The lowest BCUT2D eigenvalue weighted by atomic mass is 9.96. The number of carbonyl (C=O) groups is 1. The number of aromatic nitrogens is 2. The van der Waals surface area contributed by atoms with Gasteiger partial charge < -0.3 is 15.1 Å². The number of anilines is 1. The van der Waals surface area contributed by atoms with Crippen molar-refractivity contribution in [2.75, 3.05) is 38.1 Å². The van der Waals surface area contributed by atoms with Crippen LogP contribution in [0.15, 0.2) is 6.33 Å². The monoisotopic (exact) mass is 329 g/mol. The second-order valence-electron chi connectivity index (χ2n) is 7.58. The molecule has 3 heterocycles. The summed E-state index contributed by atoms with van der Waals surface area (Å²) in [6, 6.07) is 0. The number of nitrogens with one attached hydrogen (secondary N) is 1. The summed E-state index contributed by atoms with van der Waals surface area (Å²) in [4.78, 5) is 26.2. The molecule has 6 heteroatoms. The molecular formula is C18H27N5O. The van der Waals surface area contributed by atoms with Gasteiger partial charge in [0.05, 0.1) is 11.6 Å². The Morgan fingerprint density at radius 2 is 2.17 bits per heavy atom. The lowest BCUT2D eigenvalue weighted by molar-refractivity contribution is -0.125. The van der Waals surface area contributed by atoms with Gasteiger partial charge in [-0.1, -0.05) is 0 Å². The van der Waals surface area contributed by atoms with Crippen LogP contribution in [-0.4, -0.2) is 54.0 Å². The normalized spacial score (nSPS) is 24.5. The van der Waals surface area contributed by atoms with E-state index in [0.717, 1.165) is 63.7 Å². The van der Waals surface area contributed by atoms with Crippen molar-refractivity contribution < 1.29 is 4.79 Å². The van der Waals surface area contributed by atoms with Crippen LogP contribution in [0.4, 0.5) is 5.82 Å². The van der Waals surface area contributed by atoms with Crippen molar-refractivity contribution in [1.29, 1.82) is 0 Å². The molecule has 0 bridgehead atoms. The van der Waals surface area contributed by atoms with Crippen LogP contribution in [0.1, 0.15) is 36.9 Å². The predicted molar refractivity (Wildman–Crippen MR) is 92.7 cm³/mol. The molecule has 2 fully saturated rings. The minimum atomic E-state index is 0.0874. The SMILES string of the molecule is CN1CCc2ncnc(N3CCC[C@H](C(=O)NCC4CC4)C3)c2C1. The van der Waals surface area contributed by atoms with Crippen molar-refractivity contribution in [3.63, 3.8) is 0 Å². The summed E-state index contributed by atoms with van der Waals surface area (Å²) in [6.45, 7) is 4.59. The fourth-order valence-electron chi connectivity index (χ4n) is 3.83.